The van der Waals surface area contributed by atoms with E-state index in [1.165, 1.54) is 6.92 Å². The number of aliphatic hydroxyl groups excluding tert-OH is 1. The zero-order chi connectivity index (χ0) is 28.5. The van der Waals surface area contributed by atoms with Gasteiger partial charge in [-0.15, -0.1) is 0 Å². The molecule has 212 valence electrons. The second kappa shape index (κ2) is 17.9. The third-order valence-electron chi connectivity index (χ3n) is 5.21. The van der Waals surface area contributed by atoms with E-state index in [-0.39, 0.29) is 31.8 Å². The number of nitrogens with two attached hydrogens (primary N) is 4. The third kappa shape index (κ3) is 14.6. The molecular weight excluding hydrogens is 492 g/mol. The molecule has 0 aromatic carbocycles. The van der Waals surface area contributed by atoms with Gasteiger partial charge in [0.15, 0.2) is 5.96 Å². The minimum atomic E-state index is -1.51. The van der Waals surface area contributed by atoms with E-state index in [0.717, 1.165) is 0 Å². The van der Waals surface area contributed by atoms with Crippen LogP contribution in [-0.2, 0) is 24.0 Å². The van der Waals surface area contributed by atoms with Crippen molar-refractivity contribution in [2.45, 2.75) is 82.1 Å². The molecule has 0 rings (SSSR count). The van der Waals surface area contributed by atoms with Crippen LogP contribution < -0.4 is 38.9 Å². The maximum atomic E-state index is 12.8. The second-order valence-electron chi connectivity index (χ2n) is 8.46. The number of aliphatic hydroxyl groups is 1. The molecule has 0 aromatic rings. The molecule has 0 radical (unpaired) electrons. The van der Waals surface area contributed by atoms with Crippen LogP contribution in [0.25, 0.3) is 0 Å². The van der Waals surface area contributed by atoms with Crippen LogP contribution in [0, 0.1) is 0 Å². The summed E-state index contributed by atoms with van der Waals surface area (Å²) in [4.78, 5) is 64.3. The monoisotopic (exact) mass is 532 g/mol. The number of carbonyl (C=O) groups excluding carboxylic acids is 3. The van der Waals surface area contributed by atoms with Crippen molar-refractivity contribution in [2.75, 3.05) is 13.1 Å². The Bertz CT molecular complexity index is 803. The van der Waals surface area contributed by atoms with E-state index in [2.05, 4.69) is 20.9 Å². The minimum Gasteiger partial charge on any atom is -0.481 e. The number of hydrogen-bond donors (Lipinski definition) is 10. The standard InChI is InChI=1S/C21H40N8O8/c1-11(30)16(29-17(33)12(23)5-2-3-9-22)19(35)27-13(7-8-15(31)32)18(34)28-14(20(36)37)6-4-10-26-21(24)25/h11-14,16,30H,2-10,22-23H2,1H3,(H,27,35)(H,28,34)(H,29,33)(H,31,32)(H,36,37)(H4,24,25,26). The van der Waals surface area contributed by atoms with Crippen LogP contribution in [0.4, 0.5) is 0 Å². The molecule has 37 heavy (non-hydrogen) atoms. The van der Waals surface area contributed by atoms with Gasteiger partial charge in [-0.05, 0) is 45.6 Å². The van der Waals surface area contributed by atoms with Gasteiger partial charge in [-0.3, -0.25) is 24.2 Å². The van der Waals surface area contributed by atoms with Gasteiger partial charge in [-0.25, -0.2) is 4.79 Å². The Kier molecular flexibility index (Phi) is 16.2. The minimum absolute atomic E-state index is 0.0498. The van der Waals surface area contributed by atoms with E-state index in [1.54, 1.807) is 0 Å². The highest BCUT2D eigenvalue weighted by atomic mass is 16.4. The molecule has 5 unspecified atom stereocenters. The number of aliphatic imine (C=N–C) groups is 1. The molecule has 0 saturated heterocycles. The van der Waals surface area contributed by atoms with Gasteiger partial charge in [0.1, 0.15) is 18.1 Å². The number of carboxylic acids is 2. The van der Waals surface area contributed by atoms with Gasteiger partial charge < -0.3 is 54.2 Å². The molecule has 0 aliphatic rings. The summed E-state index contributed by atoms with van der Waals surface area (Å²) < 4.78 is 0. The first-order valence-electron chi connectivity index (χ1n) is 11.8. The second-order valence-corrected chi connectivity index (χ2v) is 8.46. The van der Waals surface area contributed by atoms with Crippen molar-refractivity contribution in [3.8, 4) is 0 Å². The van der Waals surface area contributed by atoms with E-state index < -0.39 is 66.4 Å². The molecule has 0 aliphatic carbocycles. The number of carbonyl (C=O) groups is 5. The van der Waals surface area contributed by atoms with Gasteiger partial charge in [0, 0.05) is 13.0 Å². The molecule has 0 spiro atoms. The van der Waals surface area contributed by atoms with E-state index in [9.17, 15) is 34.2 Å². The summed E-state index contributed by atoms with van der Waals surface area (Å²) in [6.07, 6.45) is -0.636. The maximum Gasteiger partial charge on any atom is 0.326 e. The van der Waals surface area contributed by atoms with E-state index in [4.69, 9.17) is 28.0 Å². The summed E-state index contributed by atoms with van der Waals surface area (Å²) in [7, 11) is 0. The summed E-state index contributed by atoms with van der Waals surface area (Å²) in [6, 6.07) is -5.32. The molecule has 16 heteroatoms. The van der Waals surface area contributed by atoms with Crippen LogP contribution >= 0.6 is 0 Å². The molecule has 14 N–H and O–H groups in total. The maximum absolute atomic E-state index is 12.8. The lowest BCUT2D eigenvalue weighted by Crippen LogP contribution is -2.59. The van der Waals surface area contributed by atoms with Crippen molar-refractivity contribution in [1.29, 1.82) is 0 Å². The van der Waals surface area contributed by atoms with Gasteiger partial charge >= 0.3 is 11.9 Å². The molecular formula is C21H40N8O8. The van der Waals surface area contributed by atoms with Gasteiger partial charge in [0.25, 0.3) is 0 Å². The Balaban J connectivity index is 5.42. The fourth-order valence-corrected chi connectivity index (χ4v) is 3.14. The van der Waals surface area contributed by atoms with Crippen molar-refractivity contribution in [2.24, 2.45) is 27.9 Å². The highest BCUT2D eigenvalue weighted by Crippen LogP contribution is 2.06. The number of amides is 3. The largest absolute Gasteiger partial charge is 0.481 e. The molecule has 0 saturated carbocycles. The lowest BCUT2D eigenvalue weighted by atomic mass is 10.1. The molecule has 0 fully saturated rings. The number of nitrogens with zero attached hydrogens (tertiary/aromatic N) is 1. The highest BCUT2D eigenvalue weighted by molar-refractivity contribution is 5.94. The van der Waals surface area contributed by atoms with Crippen molar-refractivity contribution >= 4 is 35.6 Å². The molecule has 0 aromatic heterocycles. The lowest BCUT2D eigenvalue weighted by molar-refractivity contribution is -0.143. The SMILES string of the molecule is CC(O)C(NC(=O)C(N)CCCCN)C(=O)NC(CCC(=O)O)C(=O)NC(CCCN=C(N)N)C(=O)O. The normalized spacial score (nSPS) is 14.8. The Morgan fingerprint density at radius 1 is 0.838 bits per heavy atom. The fraction of sp³-hybridized carbons (Fsp3) is 0.714. The van der Waals surface area contributed by atoms with Gasteiger partial charge in [-0.1, -0.05) is 6.42 Å². The van der Waals surface area contributed by atoms with Crippen LogP contribution in [0.5, 0.6) is 0 Å². The van der Waals surface area contributed by atoms with Crippen LogP contribution in [0.3, 0.4) is 0 Å². The average molecular weight is 533 g/mol. The van der Waals surface area contributed by atoms with Crippen LogP contribution in [-0.4, -0.2) is 94.3 Å². The molecule has 0 heterocycles. The van der Waals surface area contributed by atoms with Gasteiger partial charge in [0.05, 0.1) is 12.1 Å². The van der Waals surface area contributed by atoms with E-state index in [0.29, 0.717) is 25.8 Å². The van der Waals surface area contributed by atoms with Gasteiger partial charge in [0.2, 0.25) is 17.7 Å². The summed E-state index contributed by atoms with van der Waals surface area (Å²) in [6.45, 7) is 1.77. The van der Waals surface area contributed by atoms with Crippen molar-refractivity contribution < 1.29 is 39.3 Å². The number of guanidine groups is 1. The van der Waals surface area contributed by atoms with Crippen LogP contribution in [0.15, 0.2) is 4.99 Å². The Morgan fingerprint density at radius 3 is 1.97 bits per heavy atom. The smallest absolute Gasteiger partial charge is 0.326 e. The first-order chi connectivity index (χ1) is 17.3. The van der Waals surface area contributed by atoms with Crippen molar-refractivity contribution in [3.63, 3.8) is 0 Å². The quantitative estimate of drug-likeness (QED) is 0.0436. The number of nitrogens with one attached hydrogen (secondary N) is 3. The third-order valence-corrected chi connectivity index (χ3v) is 5.21. The highest BCUT2D eigenvalue weighted by Gasteiger charge is 2.32. The number of unbranched alkanes of at least 4 members (excludes halogenated alkanes) is 1. The average Bonchev–Trinajstić information content (AvgIpc) is 2.80. The number of hydrogen-bond acceptors (Lipinski definition) is 9. The summed E-state index contributed by atoms with van der Waals surface area (Å²) in [5.74, 6) is -5.46. The summed E-state index contributed by atoms with van der Waals surface area (Å²) in [5.41, 5.74) is 21.6. The Labute approximate surface area is 214 Å². The zero-order valence-electron chi connectivity index (χ0n) is 20.9. The topological polar surface area (TPSA) is 299 Å². The van der Waals surface area contributed by atoms with Crippen molar-refractivity contribution in [3.05, 3.63) is 0 Å². The van der Waals surface area contributed by atoms with E-state index in [1.807, 2.05) is 0 Å². The fourth-order valence-electron chi connectivity index (χ4n) is 3.14. The molecule has 3 amide bonds. The summed E-state index contributed by atoms with van der Waals surface area (Å²) >= 11 is 0. The number of rotatable bonds is 19. The van der Waals surface area contributed by atoms with Crippen molar-refractivity contribution in [1.82, 2.24) is 16.0 Å². The predicted molar refractivity (Wildman–Crippen MR) is 133 cm³/mol. The Morgan fingerprint density at radius 2 is 1.46 bits per heavy atom. The van der Waals surface area contributed by atoms with Gasteiger partial charge in [-0.2, -0.15) is 0 Å². The number of carboxylic acid groups (broad SMARTS) is 2. The molecule has 0 aliphatic heterocycles. The van der Waals surface area contributed by atoms with Crippen LogP contribution in [0.2, 0.25) is 0 Å². The predicted octanol–water partition coefficient (Wildman–Crippen LogP) is -3.72. The molecule has 0 bridgehead atoms. The number of aliphatic carboxylic acids is 2. The first-order valence-corrected chi connectivity index (χ1v) is 11.8. The Hall–Kier alpha value is -3.50. The van der Waals surface area contributed by atoms with E-state index >= 15 is 0 Å². The zero-order valence-corrected chi connectivity index (χ0v) is 20.9. The molecule has 16 nitrogen and oxygen atoms in total. The first kappa shape index (κ1) is 33.5. The summed E-state index contributed by atoms with van der Waals surface area (Å²) in [5, 5.41) is 35.3. The van der Waals surface area contributed by atoms with Crippen LogP contribution in [0.1, 0.15) is 51.9 Å². The molecule has 5 atom stereocenters. The lowest BCUT2D eigenvalue weighted by Gasteiger charge is -2.26.